The summed E-state index contributed by atoms with van der Waals surface area (Å²) in [5.74, 6) is 0. The first-order chi connectivity index (χ1) is 6.44. The lowest BCUT2D eigenvalue weighted by Gasteiger charge is -2.21. The molecule has 14 heavy (non-hydrogen) atoms. The van der Waals surface area contributed by atoms with Crippen LogP contribution in [-0.4, -0.2) is 21.4 Å². The molecule has 0 amide bonds. The Hall–Kier alpha value is -0.870. The van der Waals surface area contributed by atoms with Crippen molar-refractivity contribution >= 4 is 0 Å². The molecule has 1 unspecified atom stereocenters. The Labute approximate surface area is 84.7 Å². The van der Waals surface area contributed by atoms with E-state index in [9.17, 15) is 5.11 Å². The van der Waals surface area contributed by atoms with Crippen LogP contribution in [0.3, 0.4) is 0 Å². The molecule has 0 fully saturated rings. The minimum atomic E-state index is -0.971. The molecule has 0 aliphatic heterocycles. The Kier molecular flexibility index (Phi) is 2.97. The van der Waals surface area contributed by atoms with Crippen LogP contribution in [0.25, 0.3) is 0 Å². The molecule has 1 aromatic rings. The van der Waals surface area contributed by atoms with Gasteiger partial charge in [0.1, 0.15) is 5.60 Å². The molecule has 4 heteroatoms. The summed E-state index contributed by atoms with van der Waals surface area (Å²) < 4.78 is 1.88. The van der Waals surface area contributed by atoms with E-state index in [2.05, 4.69) is 5.10 Å². The number of hydrogen-bond acceptors (Lipinski definition) is 3. The van der Waals surface area contributed by atoms with Crippen molar-refractivity contribution in [2.45, 2.75) is 39.8 Å². The van der Waals surface area contributed by atoms with Gasteiger partial charge in [0.2, 0.25) is 0 Å². The Morgan fingerprint density at radius 1 is 1.50 bits per heavy atom. The summed E-state index contributed by atoms with van der Waals surface area (Å²) in [6.45, 7) is 8.64. The van der Waals surface area contributed by atoms with Crippen LogP contribution in [0.5, 0.6) is 0 Å². The summed E-state index contributed by atoms with van der Waals surface area (Å²) in [7, 11) is 0. The fourth-order valence-electron chi connectivity index (χ4n) is 1.89. The van der Waals surface area contributed by atoms with Crippen molar-refractivity contribution < 1.29 is 5.11 Å². The minimum absolute atomic E-state index is 0.212. The molecule has 0 aliphatic carbocycles. The maximum Gasteiger partial charge on any atom is 0.103 e. The van der Waals surface area contributed by atoms with E-state index < -0.39 is 5.60 Å². The predicted molar refractivity (Wildman–Crippen MR) is 56.0 cm³/mol. The van der Waals surface area contributed by atoms with Crippen molar-refractivity contribution in [1.82, 2.24) is 9.78 Å². The zero-order valence-corrected chi connectivity index (χ0v) is 9.33. The fraction of sp³-hybridized carbons (Fsp3) is 0.700. The molecular weight excluding hydrogens is 178 g/mol. The van der Waals surface area contributed by atoms with E-state index in [1.807, 2.05) is 25.5 Å². The van der Waals surface area contributed by atoms with Crippen LogP contribution < -0.4 is 5.73 Å². The van der Waals surface area contributed by atoms with Crippen molar-refractivity contribution in [2.75, 3.05) is 6.54 Å². The van der Waals surface area contributed by atoms with Crippen LogP contribution in [-0.2, 0) is 12.1 Å². The number of aryl methyl sites for hydroxylation is 2. The SMILES string of the molecule is CCn1nc(C)c(C(C)(O)CN)c1C. The molecule has 1 aromatic heterocycles. The normalized spacial score (nSPS) is 15.6. The molecule has 80 valence electrons. The lowest BCUT2D eigenvalue weighted by molar-refractivity contribution is 0.0654. The number of aliphatic hydroxyl groups is 1. The van der Waals surface area contributed by atoms with E-state index in [0.717, 1.165) is 23.5 Å². The molecule has 0 spiro atoms. The summed E-state index contributed by atoms with van der Waals surface area (Å²) in [6, 6.07) is 0. The molecule has 0 radical (unpaired) electrons. The van der Waals surface area contributed by atoms with E-state index in [1.165, 1.54) is 0 Å². The Morgan fingerprint density at radius 2 is 2.07 bits per heavy atom. The van der Waals surface area contributed by atoms with Gasteiger partial charge in [0, 0.05) is 24.3 Å². The zero-order chi connectivity index (χ0) is 10.9. The summed E-state index contributed by atoms with van der Waals surface area (Å²) in [5.41, 5.74) is 7.29. The number of nitrogens with two attached hydrogens (primary N) is 1. The van der Waals surface area contributed by atoms with Crippen molar-refractivity contribution in [3.8, 4) is 0 Å². The van der Waals surface area contributed by atoms with Gasteiger partial charge in [-0.3, -0.25) is 4.68 Å². The zero-order valence-electron chi connectivity index (χ0n) is 9.33. The number of nitrogens with zero attached hydrogens (tertiary/aromatic N) is 2. The van der Waals surface area contributed by atoms with Gasteiger partial charge < -0.3 is 10.8 Å². The average molecular weight is 197 g/mol. The molecule has 0 aromatic carbocycles. The highest BCUT2D eigenvalue weighted by Crippen LogP contribution is 2.25. The van der Waals surface area contributed by atoms with Crippen LogP contribution >= 0.6 is 0 Å². The van der Waals surface area contributed by atoms with Crippen molar-refractivity contribution in [3.05, 3.63) is 17.0 Å². The standard InChI is InChI=1S/C10H19N3O/c1-5-13-8(3)9(7(2)12-13)10(4,14)6-11/h14H,5-6,11H2,1-4H3. The highest BCUT2D eigenvalue weighted by atomic mass is 16.3. The van der Waals surface area contributed by atoms with Crippen LogP contribution in [0.1, 0.15) is 30.8 Å². The molecule has 0 aliphatic rings. The second kappa shape index (κ2) is 3.71. The second-order valence-corrected chi connectivity index (χ2v) is 3.84. The Bertz CT molecular complexity index is 328. The van der Waals surface area contributed by atoms with Crippen molar-refractivity contribution in [2.24, 2.45) is 5.73 Å². The van der Waals surface area contributed by atoms with Gasteiger partial charge in [-0.15, -0.1) is 0 Å². The highest BCUT2D eigenvalue weighted by molar-refractivity contribution is 5.30. The monoisotopic (exact) mass is 197 g/mol. The third-order valence-electron chi connectivity index (χ3n) is 2.62. The topological polar surface area (TPSA) is 64.1 Å². The van der Waals surface area contributed by atoms with Crippen molar-refractivity contribution in [3.63, 3.8) is 0 Å². The first kappa shape index (κ1) is 11.2. The predicted octanol–water partition coefficient (Wildman–Crippen LogP) is 0.686. The first-order valence-electron chi connectivity index (χ1n) is 4.91. The van der Waals surface area contributed by atoms with E-state index in [4.69, 9.17) is 5.73 Å². The Morgan fingerprint density at radius 3 is 2.43 bits per heavy atom. The smallest absolute Gasteiger partial charge is 0.103 e. The summed E-state index contributed by atoms with van der Waals surface area (Å²) >= 11 is 0. The lowest BCUT2D eigenvalue weighted by Crippen LogP contribution is -2.32. The van der Waals surface area contributed by atoms with Gasteiger partial charge in [-0.2, -0.15) is 5.10 Å². The largest absolute Gasteiger partial charge is 0.384 e. The Balaban J connectivity index is 3.27. The third kappa shape index (κ3) is 1.67. The van der Waals surface area contributed by atoms with E-state index >= 15 is 0 Å². The third-order valence-corrected chi connectivity index (χ3v) is 2.62. The molecule has 0 saturated carbocycles. The summed E-state index contributed by atoms with van der Waals surface area (Å²) in [5, 5.41) is 14.4. The van der Waals surface area contributed by atoms with Crippen LogP contribution in [0.4, 0.5) is 0 Å². The van der Waals surface area contributed by atoms with E-state index in [-0.39, 0.29) is 6.54 Å². The van der Waals surface area contributed by atoms with Gasteiger partial charge in [-0.1, -0.05) is 0 Å². The maximum atomic E-state index is 10.1. The number of rotatable bonds is 3. The maximum absolute atomic E-state index is 10.1. The van der Waals surface area contributed by atoms with Crippen LogP contribution in [0.2, 0.25) is 0 Å². The quantitative estimate of drug-likeness (QED) is 0.749. The highest BCUT2D eigenvalue weighted by Gasteiger charge is 2.28. The number of aromatic nitrogens is 2. The molecule has 0 saturated heterocycles. The van der Waals surface area contributed by atoms with Gasteiger partial charge in [0.15, 0.2) is 0 Å². The summed E-state index contributed by atoms with van der Waals surface area (Å²) in [6.07, 6.45) is 0. The van der Waals surface area contributed by atoms with Gasteiger partial charge in [0.05, 0.1) is 5.69 Å². The fourth-order valence-corrected chi connectivity index (χ4v) is 1.89. The van der Waals surface area contributed by atoms with Gasteiger partial charge >= 0.3 is 0 Å². The van der Waals surface area contributed by atoms with E-state index in [0.29, 0.717) is 0 Å². The van der Waals surface area contributed by atoms with Gasteiger partial charge in [-0.25, -0.2) is 0 Å². The van der Waals surface area contributed by atoms with Crippen LogP contribution in [0, 0.1) is 13.8 Å². The molecule has 4 nitrogen and oxygen atoms in total. The minimum Gasteiger partial charge on any atom is -0.384 e. The van der Waals surface area contributed by atoms with Gasteiger partial charge in [0.25, 0.3) is 0 Å². The number of hydrogen-bond donors (Lipinski definition) is 2. The average Bonchev–Trinajstić information content (AvgIpc) is 2.41. The lowest BCUT2D eigenvalue weighted by atomic mass is 9.94. The van der Waals surface area contributed by atoms with Crippen LogP contribution in [0.15, 0.2) is 0 Å². The van der Waals surface area contributed by atoms with Gasteiger partial charge in [-0.05, 0) is 27.7 Å². The molecule has 1 atom stereocenters. The molecular formula is C10H19N3O. The molecule has 1 rings (SSSR count). The molecule has 3 N–H and O–H groups in total. The summed E-state index contributed by atoms with van der Waals surface area (Å²) in [4.78, 5) is 0. The molecule has 1 heterocycles. The molecule has 0 bridgehead atoms. The van der Waals surface area contributed by atoms with Crippen molar-refractivity contribution in [1.29, 1.82) is 0 Å². The van der Waals surface area contributed by atoms with E-state index in [1.54, 1.807) is 6.92 Å². The second-order valence-electron chi connectivity index (χ2n) is 3.84. The first-order valence-corrected chi connectivity index (χ1v) is 4.91.